The second kappa shape index (κ2) is 7.27. The second-order valence-corrected chi connectivity index (χ2v) is 5.16. The number of aryl methyl sites for hydroxylation is 1. The normalized spacial score (nSPS) is 11.0. The van der Waals surface area contributed by atoms with E-state index in [9.17, 15) is 4.79 Å². The van der Waals surface area contributed by atoms with Crippen LogP contribution in [0.3, 0.4) is 0 Å². The summed E-state index contributed by atoms with van der Waals surface area (Å²) in [5.74, 6) is -0.0575. The van der Waals surface area contributed by atoms with Crippen molar-refractivity contribution in [3.8, 4) is 6.07 Å². The van der Waals surface area contributed by atoms with Crippen LogP contribution in [-0.4, -0.2) is 25.2 Å². The van der Waals surface area contributed by atoms with Crippen molar-refractivity contribution >= 4 is 17.7 Å². The van der Waals surface area contributed by atoms with Gasteiger partial charge in [0.15, 0.2) is 0 Å². The molecule has 2 aromatic rings. The van der Waals surface area contributed by atoms with Gasteiger partial charge in [-0.2, -0.15) is 5.26 Å². The number of nitrogens with zero attached hydrogens (tertiary/aromatic N) is 3. The summed E-state index contributed by atoms with van der Waals surface area (Å²) in [7, 11) is 3.88. The van der Waals surface area contributed by atoms with E-state index < -0.39 is 5.97 Å². The fourth-order valence-corrected chi connectivity index (χ4v) is 1.88. The highest BCUT2D eigenvalue weighted by atomic mass is 16.5. The van der Waals surface area contributed by atoms with E-state index in [0.29, 0.717) is 11.5 Å². The van der Waals surface area contributed by atoms with Gasteiger partial charge in [0.1, 0.15) is 29.7 Å². The summed E-state index contributed by atoms with van der Waals surface area (Å²) >= 11 is 0. The Morgan fingerprint density at radius 1 is 1.39 bits per heavy atom. The van der Waals surface area contributed by atoms with Gasteiger partial charge in [0.05, 0.1) is 0 Å². The number of hydrogen-bond acceptors (Lipinski definition) is 6. The molecule has 2 rings (SSSR count). The number of ether oxygens (including phenoxy) is 1. The molecule has 0 unspecified atom stereocenters. The van der Waals surface area contributed by atoms with Crippen molar-refractivity contribution in [3.63, 3.8) is 0 Å². The van der Waals surface area contributed by atoms with Crippen molar-refractivity contribution in [2.24, 2.45) is 0 Å². The molecule has 1 aromatic carbocycles. The molecule has 1 aromatic heterocycles. The molecular formula is C17H17N3O3. The van der Waals surface area contributed by atoms with Crippen molar-refractivity contribution in [2.75, 3.05) is 19.0 Å². The Morgan fingerprint density at radius 2 is 2.09 bits per heavy atom. The lowest BCUT2D eigenvalue weighted by molar-refractivity contribution is -0.139. The van der Waals surface area contributed by atoms with Gasteiger partial charge in [-0.1, -0.05) is 17.3 Å². The van der Waals surface area contributed by atoms with Crippen molar-refractivity contribution < 1.29 is 14.1 Å². The zero-order valence-corrected chi connectivity index (χ0v) is 13.2. The average molecular weight is 311 g/mol. The van der Waals surface area contributed by atoms with E-state index in [0.717, 1.165) is 11.3 Å². The number of carbonyl (C=O) groups is 1. The highest BCUT2D eigenvalue weighted by Crippen LogP contribution is 2.15. The van der Waals surface area contributed by atoms with Crippen LogP contribution in [0.4, 0.5) is 5.69 Å². The summed E-state index contributed by atoms with van der Waals surface area (Å²) in [6, 6.07) is 11.0. The smallest absolute Gasteiger partial charge is 0.349 e. The van der Waals surface area contributed by atoms with Gasteiger partial charge in [0, 0.05) is 25.8 Å². The number of benzene rings is 1. The number of anilines is 1. The Bertz CT molecular complexity index is 752. The third-order valence-corrected chi connectivity index (χ3v) is 3.09. The largest absolute Gasteiger partial charge is 0.455 e. The summed E-state index contributed by atoms with van der Waals surface area (Å²) in [6.45, 7) is 1.71. The molecule has 0 saturated heterocycles. The van der Waals surface area contributed by atoms with E-state index in [-0.39, 0.29) is 12.2 Å². The van der Waals surface area contributed by atoms with E-state index in [1.807, 2.05) is 49.3 Å². The summed E-state index contributed by atoms with van der Waals surface area (Å²) in [5, 5.41) is 12.9. The quantitative estimate of drug-likeness (QED) is 0.480. The average Bonchev–Trinajstić information content (AvgIpc) is 2.96. The summed E-state index contributed by atoms with van der Waals surface area (Å²) in [4.78, 5) is 13.9. The molecule has 0 spiro atoms. The van der Waals surface area contributed by atoms with Crippen LogP contribution in [-0.2, 0) is 16.1 Å². The summed E-state index contributed by atoms with van der Waals surface area (Å²) < 4.78 is 9.95. The van der Waals surface area contributed by atoms with E-state index in [2.05, 4.69) is 5.16 Å². The molecule has 0 aliphatic rings. The molecule has 0 saturated carbocycles. The topological polar surface area (TPSA) is 79.4 Å². The Morgan fingerprint density at radius 3 is 2.61 bits per heavy atom. The minimum atomic E-state index is -0.690. The molecular weight excluding hydrogens is 294 g/mol. The molecule has 0 aliphatic carbocycles. The maximum Gasteiger partial charge on any atom is 0.349 e. The molecule has 0 amide bonds. The van der Waals surface area contributed by atoms with Crippen LogP contribution >= 0.6 is 0 Å². The Kier molecular flexibility index (Phi) is 5.15. The van der Waals surface area contributed by atoms with Crippen molar-refractivity contribution in [3.05, 3.63) is 52.9 Å². The number of hydrogen-bond donors (Lipinski definition) is 0. The molecule has 6 heteroatoms. The van der Waals surface area contributed by atoms with Gasteiger partial charge in [0.2, 0.25) is 0 Å². The minimum Gasteiger partial charge on any atom is -0.455 e. The Hall–Kier alpha value is -3.07. The molecule has 0 radical (unpaired) electrons. The third kappa shape index (κ3) is 4.45. The van der Waals surface area contributed by atoms with Gasteiger partial charge in [-0.05, 0) is 30.7 Å². The fraction of sp³-hybridized carbons (Fsp3) is 0.235. The van der Waals surface area contributed by atoms with Gasteiger partial charge >= 0.3 is 5.97 Å². The predicted octanol–water partition coefficient (Wildman–Crippen LogP) is 2.70. The lowest BCUT2D eigenvalue weighted by Crippen LogP contribution is -2.08. The van der Waals surface area contributed by atoms with E-state index in [1.54, 1.807) is 13.0 Å². The number of esters is 1. The van der Waals surface area contributed by atoms with Crippen LogP contribution < -0.4 is 4.90 Å². The zero-order chi connectivity index (χ0) is 16.8. The van der Waals surface area contributed by atoms with Gasteiger partial charge in [-0.25, -0.2) is 4.79 Å². The number of carbonyl (C=O) groups excluding carboxylic acids is 1. The van der Waals surface area contributed by atoms with Crippen LogP contribution in [0.15, 0.2) is 40.4 Å². The molecule has 0 bridgehead atoms. The van der Waals surface area contributed by atoms with Crippen LogP contribution in [0.2, 0.25) is 0 Å². The lowest BCUT2D eigenvalue weighted by atomic mass is 10.1. The van der Waals surface area contributed by atoms with Crippen LogP contribution in [0.5, 0.6) is 0 Å². The molecule has 118 valence electrons. The first-order valence-corrected chi connectivity index (χ1v) is 6.98. The van der Waals surface area contributed by atoms with Gasteiger partial charge in [0.25, 0.3) is 0 Å². The molecule has 0 N–H and O–H groups in total. The van der Waals surface area contributed by atoms with Gasteiger partial charge in [-0.3, -0.25) is 0 Å². The predicted molar refractivity (Wildman–Crippen MR) is 85.4 cm³/mol. The van der Waals surface area contributed by atoms with Crippen molar-refractivity contribution in [2.45, 2.75) is 13.5 Å². The Labute approximate surface area is 134 Å². The SMILES string of the molecule is Cc1cc(COC(=O)/C(C#N)=C\c2ccc(N(C)C)cc2)no1. The lowest BCUT2D eigenvalue weighted by Gasteiger charge is -2.11. The maximum atomic E-state index is 12.0. The monoisotopic (exact) mass is 311 g/mol. The van der Waals surface area contributed by atoms with Gasteiger partial charge < -0.3 is 14.2 Å². The van der Waals surface area contributed by atoms with E-state index >= 15 is 0 Å². The van der Waals surface area contributed by atoms with E-state index in [4.69, 9.17) is 14.5 Å². The highest BCUT2D eigenvalue weighted by molar-refractivity contribution is 5.97. The first kappa shape index (κ1) is 16.3. The fourth-order valence-electron chi connectivity index (χ4n) is 1.88. The van der Waals surface area contributed by atoms with E-state index in [1.165, 1.54) is 6.08 Å². The Balaban J connectivity index is 2.05. The molecule has 6 nitrogen and oxygen atoms in total. The van der Waals surface area contributed by atoms with Crippen LogP contribution in [0.25, 0.3) is 6.08 Å². The molecule has 0 fully saturated rings. The van der Waals surface area contributed by atoms with Crippen LogP contribution in [0, 0.1) is 18.3 Å². The van der Waals surface area contributed by atoms with Gasteiger partial charge in [-0.15, -0.1) is 0 Å². The summed E-state index contributed by atoms with van der Waals surface area (Å²) in [6.07, 6.45) is 1.50. The van der Waals surface area contributed by atoms with Crippen LogP contribution in [0.1, 0.15) is 17.0 Å². The highest BCUT2D eigenvalue weighted by Gasteiger charge is 2.12. The first-order chi connectivity index (χ1) is 11.0. The van der Waals surface area contributed by atoms with Crippen molar-refractivity contribution in [1.82, 2.24) is 5.16 Å². The molecule has 0 atom stereocenters. The number of aromatic nitrogens is 1. The molecule has 1 heterocycles. The second-order valence-electron chi connectivity index (χ2n) is 5.16. The number of rotatable bonds is 5. The molecule has 0 aliphatic heterocycles. The molecule has 23 heavy (non-hydrogen) atoms. The number of nitriles is 1. The zero-order valence-electron chi connectivity index (χ0n) is 13.2. The third-order valence-electron chi connectivity index (χ3n) is 3.09. The van der Waals surface area contributed by atoms with Crippen molar-refractivity contribution in [1.29, 1.82) is 5.26 Å². The maximum absolute atomic E-state index is 12.0. The minimum absolute atomic E-state index is 0.0330. The first-order valence-electron chi connectivity index (χ1n) is 6.98. The standard InChI is InChI=1S/C17H17N3O3/c1-12-8-15(19-23-12)11-22-17(21)14(10-18)9-13-4-6-16(7-5-13)20(2)3/h4-9H,11H2,1-3H3/b14-9-. The summed E-state index contributed by atoms with van der Waals surface area (Å²) in [5.41, 5.74) is 2.22.